The first-order valence-electron chi connectivity index (χ1n) is 7.03. The van der Waals surface area contributed by atoms with Crippen LogP contribution in [0.5, 0.6) is 0 Å². The monoisotopic (exact) mass is 240 g/mol. The topological polar surface area (TPSA) is 27.0 Å². The zero-order valence-electron chi connectivity index (χ0n) is 11.0. The van der Waals surface area contributed by atoms with E-state index < -0.39 is 0 Å². The second-order valence-electron chi connectivity index (χ2n) is 5.60. The zero-order valence-corrected chi connectivity index (χ0v) is 11.0. The predicted octanol–water partition coefficient (Wildman–Crippen LogP) is 2.73. The molecule has 1 aromatic carbocycles. The Balaban J connectivity index is 1.92. The minimum Gasteiger partial charge on any atom is -0.290 e. The molecule has 0 N–H and O–H groups in total. The summed E-state index contributed by atoms with van der Waals surface area (Å²) in [7, 11) is 0. The van der Waals surface area contributed by atoms with Crippen LogP contribution in [0.2, 0.25) is 0 Å². The molecule has 1 aliphatic heterocycles. The Morgan fingerprint density at radius 2 is 2.28 bits per heavy atom. The summed E-state index contributed by atoms with van der Waals surface area (Å²) in [6, 6.07) is 9.11. The van der Waals surface area contributed by atoms with Crippen LogP contribution in [0.3, 0.4) is 0 Å². The third-order valence-electron chi connectivity index (χ3n) is 4.67. The van der Waals surface area contributed by atoms with Crippen LogP contribution in [0.15, 0.2) is 18.2 Å². The summed E-state index contributed by atoms with van der Waals surface area (Å²) in [6.07, 6.45) is 3.68. The zero-order chi connectivity index (χ0) is 12.5. The maximum Gasteiger partial charge on any atom is 0.0866 e. The van der Waals surface area contributed by atoms with Crippen LogP contribution >= 0.6 is 0 Å². The number of hydrogen-bond donors (Lipinski definition) is 0. The van der Waals surface area contributed by atoms with Gasteiger partial charge in [0.05, 0.1) is 12.6 Å². The third-order valence-corrected chi connectivity index (χ3v) is 4.67. The average Bonchev–Trinajstić information content (AvgIpc) is 2.81. The van der Waals surface area contributed by atoms with Crippen LogP contribution in [0.1, 0.15) is 36.0 Å². The lowest BCUT2D eigenvalue weighted by atomic mass is 9.75. The molecular formula is C16H20N2. The molecule has 1 unspecified atom stereocenters. The number of rotatable bonds is 2. The van der Waals surface area contributed by atoms with Crippen LogP contribution in [0.25, 0.3) is 0 Å². The maximum atomic E-state index is 8.85. The van der Waals surface area contributed by atoms with Gasteiger partial charge in [-0.25, -0.2) is 0 Å². The second kappa shape index (κ2) is 4.74. The van der Waals surface area contributed by atoms with Gasteiger partial charge < -0.3 is 0 Å². The van der Waals surface area contributed by atoms with Gasteiger partial charge in [-0.1, -0.05) is 25.1 Å². The molecule has 1 aromatic rings. The molecule has 0 spiro atoms. The third kappa shape index (κ3) is 1.83. The Morgan fingerprint density at radius 1 is 1.39 bits per heavy atom. The highest BCUT2D eigenvalue weighted by molar-refractivity contribution is 5.41. The maximum absolute atomic E-state index is 8.85. The molecule has 1 saturated heterocycles. The van der Waals surface area contributed by atoms with E-state index in [1.807, 2.05) is 0 Å². The van der Waals surface area contributed by atoms with Gasteiger partial charge in [-0.05, 0) is 41.9 Å². The predicted molar refractivity (Wildman–Crippen MR) is 72.4 cm³/mol. The molecule has 0 amide bonds. The van der Waals surface area contributed by atoms with Gasteiger partial charge in [0.2, 0.25) is 0 Å². The van der Waals surface area contributed by atoms with Crippen molar-refractivity contribution in [2.75, 3.05) is 19.6 Å². The fraction of sp³-hybridized carbons (Fsp3) is 0.562. The second-order valence-corrected chi connectivity index (χ2v) is 5.60. The highest BCUT2D eigenvalue weighted by Crippen LogP contribution is 2.42. The van der Waals surface area contributed by atoms with Gasteiger partial charge in [0, 0.05) is 19.0 Å². The lowest BCUT2D eigenvalue weighted by Crippen LogP contribution is -2.20. The molecule has 3 rings (SSSR count). The van der Waals surface area contributed by atoms with E-state index in [0.717, 1.165) is 25.4 Å². The molecule has 0 bridgehead atoms. The summed E-state index contributed by atoms with van der Waals surface area (Å²) in [5.74, 6) is 1.45. The molecule has 1 fully saturated rings. The Morgan fingerprint density at radius 3 is 3.06 bits per heavy atom. The molecule has 0 saturated carbocycles. The summed E-state index contributed by atoms with van der Waals surface area (Å²) >= 11 is 0. The summed E-state index contributed by atoms with van der Waals surface area (Å²) in [5, 5.41) is 8.85. The number of hydrogen-bond acceptors (Lipinski definition) is 2. The van der Waals surface area contributed by atoms with Gasteiger partial charge in [0.25, 0.3) is 0 Å². The minimum atomic E-state index is 0.593. The van der Waals surface area contributed by atoms with E-state index in [1.54, 1.807) is 11.1 Å². The van der Waals surface area contributed by atoms with Crippen molar-refractivity contribution >= 4 is 0 Å². The summed E-state index contributed by atoms with van der Waals surface area (Å²) in [6.45, 7) is 5.04. The number of likely N-dealkylation sites (tertiary alicyclic amines) is 1. The minimum absolute atomic E-state index is 0.593. The fourth-order valence-corrected chi connectivity index (χ4v) is 3.80. The van der Waals surface area contributed by atoms with Crippen LogP contribution < -0.4 is 0 Å². The van der Waals surface area contributed by atoms with E-state index >= 15 is 0 Å². The summed E-state index contributed by atoms with van der Waals surface area (Å²) in [4.78, 5) is 2.32. The SMILES string of the molecule is CCc1cccc2c1CCC1CN(CC#N)C[C@@H]21. The van der Waals surface area contributed by atoms with Crippen LogP contribution in [0.4, 0.5) is 0 Å². The van der Waals surface area contributed by atoms with Crippen molar-refractivity contribution in [1.82, 2.24) is 4.90 Å². The Kier molecular flexibility index (Phi) is 3.09. The number of fused-ring (bicyclic) bond motifs is 3. The van der Waals surface area contributed by atoms with Gasteiger partial charge in [0.15, 0.2) is 0 Å². The molecule has 0 radical (unpaired) electrons. The molecule has 0 aromatic heterocycles. The average molecular weight is 240 g/mol. The lowest BCUT2D eigenvalue weighted by Gasteiger charge is -2.29. The van der Waals surface area contributed by atoms with Crippen molar-refractivity contribution in [2.24, 2.45) is 5.92 Å². The number of nitrogens with zero attached hydrogens (tertiary/aromatic N) is 2. The van der Waals surface area contributed by atoms with Crippen molar-refractivity contribution in [2.45, 2.75) is 32.1 Å². The number of aryl methyl sites for hydroxylation is 1. The van der Waals surface area contributed by atoms with Crippen LogP contribution in [0, 0.1) is 17.2 Å². The van der Waals surface area contributed by atoms with Crippen molar-refractivity contribution in [3.05, 3.63) is 34.9 Å². The van der Waals surface area contributed by atoms with Gasteiger partial charge in [-0.3, -0.25) is 4.90 Å². The van der Waals surface area contributed by atoms with Crippen molar-refractivity contribution < 1.29 is 0 Å². The van der Waals surface area contributed by atoms with Crippen molar-refractivity contribution in [1.29, 1.82) is 5.26 Å². The molecule has 18 heavy (non-hydrogen) atoms. The first-order valence-corrected chi connectivity index (χ1v) is 7.03. The van der Waals surface area contributed by atoms with Gasteiger partial charge in [0.1, 0.15) is 0 Å². The van der Waals surface area contributed by atoms with E-state index in [2.05, 4.69) is 36.1 Å². The van der Waals surface area contributed by atoms with E-state index in [1.165, 1.54) is 18.4 Å². The lowest BCUT2D eigenvalue weighted by molar-refractivity contribution is 0.357. The first-order chi connectivity index (χ1) is 8.83. The first kappa shape index (κ1) is 11.7. The number of benzene rings is 1. The van der Waals surface area contributed by atoms with Crippen LogP contribution in [-0.2, 0) is 12.8 Å². The van der Waals surface area contributed by atoms with Gasteiger partial charge in [-0.15, -0.1) is 0 Å². The summed E-state index contributed by atoms with van der Waals surface area (Å²) in [5.41, 5.74) is 4.72. The Bertz CT molecular complexity index is 486. The normalized spacial score (nSPS) is 26.4. The summed E-state index contributed by atoms with van der Waals surface area (Å²) < 4.78 is 0. The Hall–Kier alpha value is -1.33. The van der Waals surface area contributed by atoms with Crippen molar-refractivity contribution in [3.63, 3.8) is 0 Å². The molecule has 2 heteroatoms. The largest absolute Gasteiger partial charge is 0.290 e. The van der Waals surface area contributed by atoms with E-state index in [4.69, 9.17) is 5.26 Å². The quantitative estimate of drug-likeness (QED) is 0.743. The molecule has 1 aliphatic carbocycles. The molecule has 2 aliphatic rings. The van der Waals surface area contributed by atoms with Crippen molar-refractivity contribution in [3.8, 4) is 6.07 Å². The standard InChI is InChI=1S/C16H20N2/c1-2-12-4-3-5-15-14(12)7-6-13-10-18(9-8-17)11-16(13)15/h3-5,13,16H,2,6-7,9-11H2,1H3/t13?,16-/m1/s1. The molecule has 2 atom stereocenters. The van der Waals surface area contributed by atoms with Gasteiger partial charge in [-0.2, -0.15) is 5.26 Å². The smallest absolute Gasteiger partial charge is 0.0866 e. The van der Waals surface area contributed by atoms with E-state index in [9.17, 15) is 0 Å². The van der Waals surface area contributed by atoms with E-state index in [0.29, 0.717) is 12.5 Å². The highest BCUT2D eigenvalue weighted by atomic mass is 15.1. The highest BCUT2D eigenvalue weighted by Gasteiger charge is 2.37. The molecular weight excluding hydrogens is 220 g/mol. The molecule has 94 valence electrons. The van der Waals surface area contributed by atoms with Crippen LogP contribution in [-0.4, -0.2) is 24.5 Å². The van der Waals surface area contributed by atoms with E-state index in [-0.39, 0.29) is 0 Å². The fourth-order valence-electron chi connectivity index (χ4n) is 3.80. The molecule has 2 nitrogen and oxygen atoms in total. The van der Waals surface area contributed by atoms with Gasteiger partial charge >= 0.3 is 0 Å². The molecule has 1 heterocycles. The number of nitriles is 1. The Labute approximate surface area is 109 Å².